The minimum Gasteiger partial charge on any atom is -0.490 e. The van der Waals surface area contributed by atoms with E-state index in [1.165, 1.54) is 25.1 Å². The van der Waals surface area contributed by atoms with Gasteiger partial charge in [-0.1, -0.05) is 36.1 Å². The maximum atomic E-state index is 13.0. The highest BCUT2D eigenvalue weighted by atomic mass is 32.2. The average Bonchev–Trinajstić information content (AvgIpc) is 2.96. The van der Waals surface area contributed by atoms with E-state index in [0.717, 1.165) is 28.8 Å². The van der Waals surface area contributed by atoms with Gasteiger partial charge in [0.05, 0.1) is 22.8 Å². The lowest BCUT2D eigenvalue weighted by Gasteiger charge is -2.16. The second kappa shape index (κ2) is 9.11. The summed E-state index contributed by atoms with van der Waals surface area (Å²) in [6, 6.07) is 9.18. The van der Waals surface area contributed by atoms with Crippen LogP contribution in [-0.4, -0.2) is 22.8 Å². The van der Waals surface area contributed by atoms with Crippen molar-refractivity contribution in [3.05, 3.63) is 58.5 Å². The van der Waals surface area contributed by atoms with Crippen molar-refractivity contribution in [3.63, 3.8) is 0 Å². The number of anilines is 1. The number of hydrogen-bond donors (Lipinski definition) is 0. The zero-order chi connectivity index (χ0) is 22.8. The highest BCUT2D eigenvalue weighted by Crippen LogP contribution is 2.39. The summed E-state index contributed by atoms with van der Waals surface area (Å²) in [5.41, 5.74) is -0.254. The molecule has 162 valence electrons. The number of thioether (sulfide) groups is 1. The molecule has 1 heterocycles. The van der Waals surface area contributed by atoms with Gasteiger partial charge in [-0.05, 0) is 48.9 Å². The number of carbonyl (C=O) groups is 2. The molecule has 1 fully saturated rings. The molecule has 2 aromatic rings. The van der Waals surface area contributed by atoms with Crippen LogP contribution in [0, 0.1) is 0 Å². The smallest absolute Gasteiger partial charge is 0.416 e. The van der Waals surface area contributed by atoms with E-state index in [0.29, 0.717) is 17.9 Å². The van der Waals surface area contributed by atoms with Crippen molar-refractivity contribution in [2.75, 3.05) is 11.5 Å². The summed E-state index contributed by atoms with van der Waals surface area (Å²) >= 11 is 6.21. The van der Waals surface area contributed by atoms with Crippen molar-refractivity contribution < 1.29 is 32.2 Å². The van der Waals surface area contributed by atoms with Crippen LogP contribution in [-0.2, 0) is 15.8 Å². The molecular formula is C21H16F3NO4S2. The van der Waals surface area contributed by atoms with E-state index in [9.17, 15) is 22.8 Å². The number of carbonyl (C=O) groups excluding carboxylic acids is 2. The van der Waals surface area contributed by atoms with Crippen LogP contribution in [0.3, 0.4) is 0 Å². The van der Waals surface area contributed by atoms with Crippen LogP contribution in [0.5, 0.6) is 11.5 Å². The van der Waals surface area contributed by atoms with E-state index < -0.39 is 23.6 Å². The number of thiocarbonyl (C=S) groups is 1. The average molecular weight is 467 g/mol. The number of esters is 1. The molecule has 1 amide bonds. The SMILES string of the molecule is CCOc1cc(/C=C2\SC(=S)N(c3cccc(C(F)(F)F)c3)C2=O)ccc1OC(C)=O. The third-order valence-electron chi connectivity index (χ3n) is 4.04. The summed E-state index contributed by atoms with van der Waals surface area (Å²) in [7, 11) is 0. The normalized spacial score (nSPS) is 15.5. The fourth-order valence-corrected chi connectivity index (χ4v) is 4.08. The first kappa shape index (κ1) is 22.8. The van der Waals surface area contributed by atoms with Gasteiger partial charge in [0.2, 0.25) is 0 Å². The summed E-state index contributed by atoms with van der Waals surface area (Å²) in [6.45, 7) is 3.36. The molecule has 1 aliphatic rings. The minimum atomic E-state index is -4.54. The third-order valence-corrected chi connectivity index (χ3v) is 5.35. The zero-order valence-corrected chi connectivity index (χ0v) is 18.0. The molecule has 0 N–H and O–H groups in total. The maximum Gasteiger partial charge on any atom is 0.416 e. The molecule has 0 bridgehead atoms. The fourth-order valence-electron chi connectivity index (χ4n) is 2.78. The Balaban J connectivity index is 1.92. The Hall–Kier alpha value is -2.85. The molecule has 0 radical (unpaired) electrons. The van der Waals surface area contributed by atoms with Gasteiger partial charge in [-0.25, -0.2) is 0 Å². The Morgan fingerprint density at radius 2 is 1.94 bits per heavy atom. The highest BCUT2D eigenvalue weighted by Gasteiger charge is 2.36. The molecule has 0 spiro atoms. The van der Waals surface area contributed by atoms with E-state index in [1.54, 1.807) is 25.1 Å². The number of halogens is 3. The van der Waals surface area contributed by atoms with Gasteiger partial charge in [-0.15, -0.1) is 0 Å². The summed E-state index contributed by atoms with van der Waals surface area (Å²) in [4.78, 5) is 25.4. The van der Waals surface area contributed by atoms with Crippen LogP contribution in [0.15, 0.2) is 47.4 Å². The number of nitrogens with zero attached hydrogens (tertiary/aromatic N) is 1. The number of rotatable bonds is 5. The van der Waals surface area contributed by atoms with Crippen LogP contribution < -0.4 is 14.4 Å². The Labute approximate surface area is 185 Å². The van der Waals surface area contributed by atoms with Crippen molar-refractivity contribution in [2.45, 2.75) is 20.0 Å². The molecular weight excluding hydrogens is 451 g/mol. The van der Waals surface area contributed by atoms with Gasteiger partial charge in [0, 0.05) is 6.92 Å². The van der Waals surface area contributed by atoms with Crippen LogP contribution in [0.1, 0.15) is 25.0 Å². The second-order valence-corrected chi connectivity index (χ2v) is 7.97. The monoisotopic (exact) mass is 467 g/mol. The molecule has 31 heavy (non-hydrogen) atoms. The number of alkyl halides is 3. The van der Waals surface area contributed by atoms with Crippen molar-refractivity contribution in [2.24, 2.45) is 0 Å². The van der Waals surface area contributed by atoms with E-state index in [4.69, 9.17) is 21.7 Å². The molecule has 1 saturated heterocycles. The van der Waals surface area contributed by atoms with Crippen LogP contribution in [0.25, 0.3) is 6.08 Å². The first-order chi connectivity index (χ1) is 14.6. The number of ether oxygens (including phenoxy) is 2. The Bertz CT molecular complexity index is 1080. The third kappa shape index (κ3) is 5.26. The summed E-state index contributed by atoms with van der Waals surface area (Å²) in [5, 5.41) is 0. The fraction of sp³-hybridized carbons (Fsp3) is 0.190. The molecule has 3 rings (SSSR count). The van der Waals surface area contributed by atoms with Crippen LogP contribution in [0.2, 0.25) is 0 Å². The minimum absolute atomic E-state index is 0.0425. The lowest BCUT2D eigenvalue weighted by atomic mass is 10.1. The number of benzene rings is 2. The van der Waals surface area contributed by atoms with Gasteiger partial charge in [-0.2, -0.15) is 13.2 Å². The lowest BCUT2D eigenvalue weighted by Crippen LogP contribution is -2.27. The molecule has 0 aromatic heterocycles. The summed E-state index contributed by atoms with van der Waals surface area (Å²) < 4.78 is 49.8. The van der Waals surface area contributed by atoms with Crippen molar-refractivity contribution in [1.82, 2.24) is 0 Å². The Morgan fingerprint density at radius 3 is 2.58 bits per heavy atom. The summed E-state index contributed by atoms with van der Waals surface area (Å²) in [6.07, 6.45) is -2.99. The van der Waals surface area contributed by atoms with Gasteiger partial charge in [0.25, 0.3) is 5.91 Å². The number of amides is 1. The van der Waals surface area contributed by atoms with Gasteiger partial charge in [0.15, 0.2) is 15.8 Å². The van der Waals surface area contributed by atoms with E-state index in [2.05, 4.69) is 0 Å². The van der Waals surface area contributed by atoms with Gasteiger partial charge in [-0.3, -0.25) is 14.5 Å². The Morgan fingerprint density at radius 1 is 1.19 bits per heavy atom. The molecule has 0 unspecified atom stereocenters. The van der Waals surface area contributed by atoms with E-state index in [-0.39, 0.29) is 20.7 Å². The van der Waals surface area contributed by atoms with Gasteiger partial charge >= 0.3 is 12.1 Å². The number of hydrogen-bond acceptors (Lipinski definition) is 6. The highest BCUT2D eigenvalue weighted by molar-refractivity contribution is 8.27. The lowest BCUT2D eigenvalue weighted by molar-refractivity contribution is -0.137. The quantitative estimate of drug-likeness (QED) is 0.253. The molecule has 0 saturated carbocycles. The molecule has 2 aromatic carbocycles. The van der Waals surface area contributed by atoms with Gasteiger partial charge < -0.3 is 9.47 Å². The molecule has 0 atom stereocenters. The molecule has 10 heteroatoms. The van der Waals surface area contributed by atoms with Crippen LogP contribution >= 0.6 is 24.0 Å². The molecule has 1 aliphatic heterocycles. The largest absolute Gasteiger partial charge is 0.490 e. The van der Waals surface area contributed by atoms with E-state index >= 15 is 0 Å². The maximum absolute atomic E-state index is 13.0. The second-order valence-electron chi connectivity index (χ2n) is 6.30. The predicted octanol–water partition coefficient (Wildman–Crippen LogP) is 5.44. The van der Waals surface area contributed by atoms with Crippen molar-refractivity contribution in [3.8, 4) is 11.5 Å². The van der Waals surface area contributed by atoms with Crippen molar-refractivity contribution >= 4 is 51.9 Å². The molecule has 0 aliphatic carbocycles. The van der Waals surface area contributed by atoms with Crippen LogP contribution in [0.4, 0.5) is 18.9 Å². The summed E-state index contributed by atoms with van der Waals surface area (Å²) in [5.74, 6) is -0.477. The first-order valence-corrected chi connectivity index (χ1v) is 10.2. The molecule has 5 nitrogen and oxygen atoms in total. The first-order valence-electron chi connectivity index (χ1n) is 9.00. The zero-order valence-electron chi connectivity index (χ0n) is 16.4. The van der Waals surface area contributed by atoms with E-state index in [1.807, 2.05) is 0 Å². The predicted molar refractivity (Wildman–Crippen MR) is 116 cm³/mol. The Kier molecular flexibility index (Phi) is 6.71. The standard InChI is InChI=1S/C21H16F3NO4S2/c1-3-28-17-9-13(7-8-16(17)29-12(2)26)10-18-19(27)25(20(30)31-18)15-6-4-5-14(11-15)21(22,23)24/h4-11H,3H2,1-2H3/b18-10-. The van der Waals surface area contributed by atoms with Gasteiger partial charge in [0.1, 0.15) is 0 Å². The topological polar surface area (TPSA) is 55.8 Å². The van der Waals surface area contributed by atoms with Crippen molar-refractivity contribution in [1.29, 1.82) is 0 Å².